The zero-order chi connectivity index (χ0) is 11.5. The van der Waals surface area contributed by atoms with Gasteiger partial charge < -0.3 is 9.88 Å². The van der Waals surface area contributed by atoms with Crippen LogP contribution in [0.4, 0.5) is 0 Å². The third kappa shape index (κ3) is 2.31. The van der Waals surface area contributed by atoms with Crippen molar-refractivity contribution >= 4 is 11.3 Å². The van der Waals surface area contributed by atoms with Crippen LogP contribution in [0.3, 0.4) is 0 Å². The number of imidazole rings is 1. The third-order valence-corrected chi connectivity index (χ3v) is 3.55. The van der Waals surface area contributed by atoms with E-state index in [-0.39, 0.29) is 6.04 Å². The van der Waals surface area contributed by atoms with Gasteiger partial charge in [-0.15, -0.1) is 11.3 Å². The van der Waals surface area contributed by atoms with E-state index >= 15 is 0 Å². The van der Waals surface area contributed by atoms with Gasteiger partial charge in [-0.2, -0.15) is 0 Å². The van der Waals surface area contributed by atoms with E-state index in [0.717, 1.165) is 22.9 Å². The Balaban J connectivity index is 2.15. The number of likely N-dealkylation sites (N-methyl/N-ethyl adjacent to an activating group) is 1. The lowest BCUT2D eigenvalue weighted by atomic mass is 10.2. The molecule has 0 aliphatic rings. The second kappa shape index (κ2) is 4.76. The lowest BCUT2D eigenvalue weighted by Crippen LogP contribution is -2.22. The Morgan fingerprint density at radius 1 is 1.56 bits per heavy atom. The fourth-order valence-electron chi connectivity index (χ4n) is 1.71. The predicted octanol–water partition coefficient (Wildman–Crippen LogP) is 1.69. The molecule has 4 nitrogen and oxygen atoms in total. The molecule has 2 rings (SSSR count). The Morgan fingerprint density at radius 2 is 2.38 bits per heavy atom. The number of hydrogen-bond acceptors (Lipinski definition) is 4. The van der Waals surface area contributed by atoms with E-state index in [0.29, 0.717) is 0 Å². The molecule has 1 N–H and O–H groups in total. The minimum Gasteiger partial charge on any atom is -0.337 e. The molecule has 0 aliphatic carbocycles. The van der Waals surface area contributed by atoms with Crippen LogP contribution < -0.4 is 5.32 Å². The first kappa shape index (κ1) is 11.3. The zero-order valence-electron chi connectivity index (χ0n) is 9.77. The quantitative estimate of drug-likeness (QED) is 0.878. The highest BCUT2D eigenvalue weighted by atomic mass is 32.1. The minimum atomic E-state index is 0.227. The van der Waals surface area contributed by atoms with Gasteiger partial charge in [-0.05, 0) is 14.0 Å². The SMILES string of the molecule is CNC(Cc1nc(C)cs1)c1nccn1C. The number of thiazole rings is 1. The lowest BCUT2D eigenvalue weighted by molar-refractivity contribution is 0.537. The average molecular weight is 236 g/mol. The summed E-state index contributed by atoms with van der Waals surface area (Å²) in [7, 11) is 3.97. The van der Waals surface area contributed by atoms with Crippen molar-refractivity contribution < 1.29 is 0 Å². The van der Waals surface area contributed by atoms with E-state index in [4.69, 9.17) is 0 Å². The molecule has 1 unspecified atom stereocenters. The lowest BCUT2D eigenvalue weighted by Gasteiger charge is -2.14. The van der Waals surface area contributed by atoms with Crippen LogP contribution in [0.5, 0.6) is 0 Å². The first-order valence-corrected chi connectivity index (χ1v) is 6.14. The molecule has 0 spiro atoms. The van der Waals surface area contributed by atoms with Gasteiger partial charge in [-0.3, -0.25) is 0 Å². The average Bonchev–Trinajstić information content (AvgIpc) is 2.84. The summed E-state index contributed by atoms with van der Waals surface area (Å²) in [6, 6.07) is 0.227. The molecule has 2 aromatic heterocycles. The first-order chi connectivity index (χ1) is 7.70. The summed E-state index contributed by atoms with van der Waals surface area (Å²) in [5.74, 6) is 1.05. The molecule has 16 heavy (non-hydrogen) atoms. The van der Waals surface area contributed by atoms with Crippen LogP contribution in [0.1, 0.15) is 22.6 Å². The number of rotatable bonds is 4. The number of nitrogens with zero attached hydrogens (tertiary/aromatic N) is 3. The highest BCUT2D eigenvalue weighted by Crippen LogP contribution is 2.18. The molecule has 0 fully saturated rings. The summed E-state index contributed by atoms with van der Waals surface area (Å²) in [5, 5.41) is 6.52. The standard InChI is InChI=1S/C11H16N4S/c1-8-7-16-10(14-8)6-9(12-2)11-13-4-5-15(11)3/h4-5,7,9,12H,6H2,1-3H3. The molecule has 1 atom stereocenters. The maximum Gasteiger partial charge on any atom is 0.126 e. The van der Waals surface area contributed by atoms with Crippen molar-refractivity contribution in [1.82, 2.24) is 19.9 Å². The maximum atomic E-state index is 4.48. The van der Waals surface area contributed by atoms with Gasteiger partial charge in [0.2, 0.25) is 0 Å². The molecule has 86 valence electrons. The van der Waals surface area contributed by atoms with Crippen LogP contribution in [0, 0.1) is 6.92 Å². The van der Waals surface area contributed by atoms with Crippen LogP contribution in [0.25, 0.3) is 0 Å². The Labute approximate surface area is 99.4 Å². The van der Waals surface area contributed by atoms with Crippen molar-refractivity contribution in [3.8, 4) is 0 Å². The molecule has 0 aromatic carbocycles. The van der Waals surface area contributed by atoms with E-state index in [1.54, 1.807) is 11.3 Å². The van der Waals surface area contributed by atoms with Gasteiger partial charge in [0.05, 0.1) is 11.0 Å². The largest absolute Gasteiger partial charge is 0.337 e. The number of hydrogen-bond donors (Lipinski definition) is 1. The van der Waals surface area contributed by atoms with E-state index in [2.05, 4.69) is 20.7 Å². The van der Waals surface area contributed by atoms with Gasteiger partial charge in [0, 0.05) is 36.9 Å². The van der Waals surface area contributed by atoms with Crippen LogP contribution in [0.2, 0.25) is 0 Å². The van der Waals surface area contributed by atoms with E-state index in [9.17, 15) is 0 Å². The van der Waals surface area contributed by atoms with Gasteiger partial charge in [0.25, 0.3) is 0 Å². The van der Waals surface area contributed by atoms with Gasteiger partial charge >= 0.3 is 0 Å². The van der Waals surface area contributed by atoms with Crippen LogP contribution in [0.15, 0.2) is 17.8 Å². The number of aryl methyl sites for hydroxylation is 2. The monoisotopic (exact) mass is 236 g/mol. The van der Waals surface area contributed by atoms with Crippen LogP contribution >= 0.6 is 11.3 Å². The summed E-state index contributed by atoms with van der Waals surface area (Å²) < 4.78 is 2.04. The number of nitrogens with one attached hydrogen (secondary N) is 1. The Bertz CT molecular complexity index is 460. The highest BCUT2D eigenvalue weighted by molar-refractivity contribution is 7.09. The predicted molar refractivity (Wildman–Crippen MR) is 65.6 cm³/mol. The van der Waals surface area contributed by atoms with E-state index in [1.165, 1.54) is 0 Å². The van der Waals surface area contributed by atoms with Crippen molar-refractivity contribution in [2.45, 2.75) is 19.4 Å². The summed E-state index contributed by atoms with van der Waals surface area (Å²) >= 11 is 1.71. The topological polar surface area (TPSA) is 42.7 Å². The van der Waals surface area contributed by atoms with Crippen molar-refractivity contribution in [2.75, 3.05) is 7.05 Å². The summed E-state index contributed by atoms with van der Waals surface area (Å²) in [5.41, 5.74) is 1.09. The summed E-state index contributed by atoms with van der Waals surface area (Å²) in [6.07, 6.45) is 4.68. The first-order valence-electron chi connectivity index (χ1n) is 5.26. The Kier molecular flexibility index (Phi) is 3.36. The Hall–Kier alpha value is -1.20. The molecule has 0 bridgehead atoms. The van der Waals surface area contributed by atoms with Crippen molar-refractivity contribution in [3.63, 3.8) is 0 Å². The third-order valence-electron chi connectivity index (χ3n) is 2.56. The summed E-state index contributed by atoms with van der Waals surface area (Å²) in [6.45, 7) is 2.02. The van der Waals surface area contributed by atoms with Gasteiger partial charge in [-0.1, -0.05) is 0 Å². The molecule has 2 aromatic rings. The Morgan fingerprint density at radius 3 is 2.88 bits per heavy atom. The molecule has 0 aliphatic heterocycles. The highest BCUT2D eigenvalue weighted by Gasteiger charge is 2.15. The van der Waals surface area contributed by atoms with E-state index in [1.807, 2.05) is 38.0 Å². The molecular weight excluding hydrogens is 220 g/mol. The molecule has 0 radical (unpaired) electrons. The second-order valence-electron chi connectivity index (χ2n) is 3.82. The molecule has 0 amide bonds. The zero-order valence-corrected chi connectivity index (χ0v) is 10.6. The van der Waals surface area contributed by atoms with Crippen molar-refractivity contribution in [3.05, 3.63) is 34.3 Å². The fraction of sp³-hybridized carbons (Fsp3) is 0.455. The van der Waals surface area contributed by atoms with E-state index < -0.39 is 0 Å². The van der Waals surface area contributed by atoms with Gasteiger partial charge in [0.15, 0.2) is 0 Å². The smallest absolute Gasteiger partial charge is 0.126 e. The molecule has 5 heteroatoms. The normalized spacial score (nSPS) is 12.9. The maximum absolute atomic E-state index is 4.48. The molecule has 0 saturated heterocycles. The van der Waals surface area contributed by atoms with Crippen LogP contribution in [-0.4, -0.2) is 21.6 Å². The molecular formula is C11H16N4S. The van der Waals surface area contributed by atoms with Crippen molar-refractivity contribution in [2.24, 2.45) is 7.05 Å². The molecule has 2 heterocycles. The minimum absolute atomic E-state index is 0.227. The summed E-state index contributed by atoms with van der Waals surface area (Å²) in [4.78, 5) is 8.85. The second-order valence-corrected chi connectivity index (χ2v) is 4.77. The fourth-order valence-corrected chi connectivity index (χ4v) is 2.53. The van der Waals surface area contributed by atoms with Crippen LogP contribution in [-0.2, 0) is 13.5 Å². The van der Waals surface area contributed by atoms with Gasteiger partial charge in [-0.25, -0.2) is 9.97 Å². The van der Waals surface area contributed by atoms with Crippen molar-refractivity contribution in [1.29, 1.82) is 0 Å². The van der Waals surface area contributed by atoms with Gasteiger partial charge in [0.1, 0.15) is 5.82 Å². The number of aromatic nitrogens is 3. The molecule has 0 saturated carbocycles.